The molecular formula is C28H30N2O4. The topological polar surface area (TPSA) is 82.6 Å². The molecule has 0 spiro atoms. The summed E-state index contributed by atoms with van der Waals surface area (Å²) in [6.07, 6.45) is 5.67. The molecule has 6 nitrogen and oxygen atoms in total. The minimum absolute atomic E-state index is 0.00720. The fourth-order valence-corrected chi connectivity index (χ4v) is 5.16. The first-order valence-corrected chi connectivity index (χ1v) is 12.0. The zero-order chi connectivity index (χ0) is 23.8. The number of nitrogens with zero attached hydrogens (tertiary/aromatic N) is 1. The summed E-state index contributed by atoms with van der Waals surface area (Å²) in [5.41, 5.74) is 2.41. The van der Waals surface area contributed by atoms with Crippen molar-refractivity contribution in [3.63, 3.8) is 0 Å². The summed E-state index contributed by atoms with van der Waals surface area (Å²) >= 11 is 0. The molecule has 6 heteroatoms. The molecule has 1 saturated heterocycles. The number of aliphatic hydroxyl groups excluding tert-OH is 1. The van der Waals surface area contributed by atoms with Crippen LogP contribution in [-0.2, 0) is 9.59 Å². The molecule has 2 N–H and O–H groups in total. The number of para-hydroxylation sites is 1. The molecule has 2 fully saturated rings. The van der Waals surface area contributed by atoms with Crippen LogP contribution in [0.1, 0.15) is 56.7 Å². The standard InChI is InChI=1S/C28H30N2O4/c1-17(2)16-34-20-13-11-18(12-14-20)26(31)24-25(22-15-29-23-10-6-5-9-21(22)23)30(28(33)27(24)32)19-7-3-4-8-19/h5-6,9-15,17,19,25,29,31H,3-4,7-8,16H2,1-2H3/b26-24+. The van der Waals surface area contributed by atoms with Crippen molar-refractivity contribution >= 4 is 28.4 Å². The minimum Gasteiger partial charge on any atom is -0.507 e. The smallest absolute Gasteiger partial charge is 0.295 e. The Kier molecular flexibility index (Phi) is 5.90. The Morgan fingerprint density at radius 1 is 1.09 bits per heavy atom. The number of rotatable bonds is 6. The lowest BCUT2D eigenvalue weighted by Gasteiger charge is -2.30. The molecule has 2 aliphatic rings. The van der Waals surface area contributed by atoms with Gasteiger partial charge < -0.3 is 19.7 Å². The molecule has 1 amide bonds. The lowest BCUT2D eigenvalue weighted by molar-refractivity contribution is -0.141. The number of ether oxygens (including phenoxy) is 1. The third-order valence-corrected chi connectivity index (χ3v) is 6.83. The van der Waals surface area contributed by atoms with Gasteiger partial charge >= 0.3 is 0 Å². The number of amides is 1. The van der Waals surface area contributed by atoms with Gasteiger partial charge in [0.25, 0.3) is 11.7 Å². The van der Waals surface area contributed by atoms with E-state index in [4.69, 9.17) is 4.74 Å². The molecule has 2 aromatic carbocycles. The number of ketones is 1. The number of Topliss-reactive ketones (excluding diaryl/α,β-unsaturated/α-hetero) is 1. The molecule has 34 heavy (non-hydrogen) atoms. The van der Waals surface area contributed by atoms with Crippen molar-refractivity contribution in [3.05, 3.63) is 71.4 Å². The van der Waals surface area contributed by atoms with E-state index in [2.05, 4.69) is 18.8 Å². The highest BCUT2D eigenvalue weighted by atomic mass is 16.5. The molecular weight excluding hydrogens is 428 g/mol. The molecule has 0 bridgehead atoms. The van der Waals surface area contributed by atoms with Gasteiger partial charge in [-0.2, -0.15) is 0 Å². The highest BCUT2D eigenvalue weighted by Crippen LogP contribution is 2.45. The summed E-state index contributed by atoms with van der Waals surface area (Å²) in [5, 5.41) is 12.3. The molecule has 1 unspecified atom stereocenters. The minimum atomic E-state index is -0.629. The van der Waals surface area contributed by atoms with E-state index in [9.17, 15) is 14.7 Å². The second-order valence-electron chi connectivity index (χ2n) is 9.66. The van der Waals surface area contributed by atoms with Crippen molar-refractivity contribution in [1.29, 1.82) is 0 Å². The largest absolute Gasteiger partial charge is 0.507 e. The quantitative estimate of drug-likeness (QED) is 0.288. The molecule has 176 valence electrons. The maximum atomic E-state index is 13.3. The number of benzene rings is 2. The van der Waals surface area contributed by atoms with Gasteiger partial charge in [-0.25, -0.2) is 0 Å². The first-order valence-electron chi connectivity index (χ1n) is 12.0. The van der Waals surface area contributed by atoms with E-state index >= 15 is 0 Å². The number of fused-ring (bicyclic) bond motifs is 1. The Morgan fingerprint density at radius 2 is 1.79 bits per heavy atom. The molecule has 0 radical (unpaired) electrons. The van der Waals surface area contributed by atoms with Crippen LogP contribution in [0.3, 0.4) is 0 Å². The highest BCUT2D eigenvalue weighted by Gasteiger charge is 2.49. The Balaban J connectivity index is 1.60. The van der Waals surface area contributed by atoms with Gasteiger partial charge in [0.05, 0.1) is 18.2 Å². The van der Waals surface area contributed by atoms with Gasteiger partial charge in [0.15, 0.2) is 0 Å². The van der Waals surface area contributed by atoms with Crippen LogP contribution in [-0.4, -0.2) is 39.3 Å². The van der Waals surface area contributed by atoms with Crippen LogP contribution in [0.25, 0.3) is 16.7 Å². The van der Waals surface area contributed by atoms with Gasteiger partial charge in [-0.05, 0) is 49.1 Å². The number of aliphatic hydroxyl groups is 1. The van der Waals surface area contributed by atoms with Crippen molar-refractivity contribution in [2.45, 2.75) is 51.6 Å². The molecule has 1 aliphatic heterocycles. The predicted molar refractivity (Wildman–Crippen MR) is 131 cm³/mol. The molecule has 1 aliphatic carbocycles. The summed E-state index contributed by atoms with van der Waals surface area (Å²) < 4.78 is 5.75. The Labute approximate surface area is 199 Å². The molecule has 5 rings (SSSR count). The van der Waals surface area contributed by atoms with E-state index < -0.39 is 17.7 Å². The molecule has 3 aromatic rings. The summed E-state index contributed by atoms with van der Waals surface area (Å²) in [6.45, 7) is 4.75. The predicted octanol–water partition coefficient (Wildman–Crippen LogP) is 5.57. The number of likely N-dealkylation sites (tertiary alicyclic amines) is 1. The van der Waals surface area contributed by atoms with Crippen molar-refractivity contribution in [2.24, 2.45) is 5.92 Å². The summed E-state index contributed by atoms with van der Waals surface area (Å²) in [5.74, 6) is -0.203. The number of carbonyl (C=O) groups excluding carboxylic acids is 2. The van der Waals surface area contributed by atoms with E-state index in [-0.39, 0.29) is 17.4 Å². The van der Waals surface area contributed by atoms with Crippen molar-refractivity contribution in [1.82, 2.24) is 9.88 Å². The molecule has 1 atom stereocenters. The van der Waals surface area contributed by atoms with Crippen LogP contribution in [0.4, 0.5) is 0 Å². The third kappa shape index (κ3) is 3.87. The number of aromatic amines is 1. The maximum absolute atomic E-state index is 13.3. The van der Waals surface area contributed by atoms with Crippen molar-refractivity contribution in [3.8, 4) is 5.75 Å². The van der Waals surface area contributed by atoms with Gasteiger partial charge in [-0.15, -0.1) is 0 Å². The van der Waals surface area contributed by atoms with E-state index in [0.29, 0.717) is 23.8 Å². The average molecular weight is 459 g/mol. The van der Waals surface area contributed by atoms with Gasteiger partial charge in [0.1, 0.15) is 11.5 Å². The van der Waals surface area contributed by atoms with E-state index in [1.54, 1.807) is 29.2 Å². The number of hydrogen-bond donors (Lipinski definition) is 2. The summed E-state index contributed by atoms with van der Waals surface area (Å²) in [7, 11) is 0. The number of nitrogens with one attached hydrogen (secondary N) is 1. The normalized spacial score (nSPS) is 20.7. The van der Waals surface area contributed by atoms with Gasteiger partial charge in [0, 0.05) is 34.3 Å². The zero-order valence-corrected chi connectivity index (χ0v) is 19.6. The van der Waals surface area contributed by atoms with E-state index in [1.807, 2.05) is 30.5 Å². The lowest BCUT2D eigenvalue weighted by Crippen LogP contribution is -2.37. The van der Waals surface area contributed by atoms with Crippen LogP contribution in [0.2, 0.25) is 0 Å². The van der Waals surface area contributed by atoms with Crippen LogP contribution in [0.5, 0.6) is 5.75 Å². The summed E-state index contributed by atoms with van der Waals surface area (Å²) in [4.78, 5) is 31.6. The zero-order valence-electron chi connectivity index (χ0n) is 19.6. The molecule has 1 aromatic heterocycles. The van der Waals surface area contributed by atoms with Crippen LogP contribution >= 0.6 is 0 Å². The van der Waals surface area contributed by atoms with E-state index in [0.717, 1.165) is 42.1 Å². The van der Waals surface area contributed by atoms with Crippen LogP contribution in [0.15, 0.2) is 60.3 Å². The number of carbonyl (C=O) groups is 2. The fourth-order valence-electron chi connectivity index (χ4n) is 5.16. The number of aromatic nitrogens is 1. The van der Waals surface area contributed by atoms with Crippen molar-refractivity contribution < 1.29 is 19.4 Å². The monoisotopic (exact) mass is 458 g/mol. The lowest BCUT2D eigenvalue weighted by atomic mass is 9.94. The SMILES string of the molecule is CC(C)COc1ccc(/C(O)=C2\C(=O)C(=O)N(C3CCCC3)C2c2c[nH]c3ccccc23)cc1. The van der Waals surface area contributed by atoms with E-state index in [1.165, 1.54) is 0 Å². The van der Waals surface area contributed by atoms with Gasteiger partial charge in [0.2, 0.25) is 0 Å². The summed E-state index contributed by atoms with van der Waals surface area (Å²) in [6, 6.07) is 14.2. The first-order chi connectivity index (χ1) is 16.5. The van der Waals surface area contributed by atoms with Gasteiger partial charge in [-0.3, -0.25) is 9.59 Å². The first kappa shape index (κ1) is 22.3. The average Bonchev–Trinajstić information content (AvgIpc) is 3.57. The van der Waals surface area contributed by atoms with Crippen molar-refractivity contribution in [2.75, 3.05) is 6.61 Å². The highest BCUT2D eigenvalue weighted by molar-refractivity contribution is 6.46. The Bertz CT molecular complexity index is 1250. The maximum Gasteiger partial charge on any atom is 0.295 e. The van der Waals surface area contributed by atoms with Crippen LogP contribution < -0.4 is 4.74 Å². The molecule has 2 heterocycles. The second-order valence-corrected chi connectivity index (χ2v) is 9.66. The van der Waals surface area contributed by atoms with Crippen LogP contribution in [0, 0.1) is 5.92 Å². The fraction of sp³-hybridized carbons (Fsp3) is 0.357. The Hall–Kier alpha value is -3.54. The van der Waals surface area contributed by atoms with Gasteiger partial charge in [-0.1, -0.05) is 44.9 Å². The second kappa shape index (κ2) is 9.01. The third-order valence-electron chi connectivity index (χ3n) is 6.83. The Morgan fingerprint density at radius 3 is 2.50 bits per heavy atom. The molecule has 1 saturated carbocycles. The number of hydrogen-bond acceptors (Lipinski definition) is 4. The number of H-pyrrole nitrogens is 1.